The number of nitrogens with zero attached hydrogens (tertiary/aromatic N) is 4. The van der Waals surface area contributed by atoms with Crippen molar-refractivity contribution < 1.29 is 4.79 Å². The van der Waals surface area contributed by atoms with Crippen molar-refractivity contribution in [1.29, 1.82) is 0 Å². The fourth-order valence-electron chi connectivity index (χ4n) is 2.95. The first-order valence-electron chi connectivity index (χ1n) is 7.83. The van der Waals surface area contributed by atoms with E-state index in [1.807, 2.05) is 0 Å². The van der Waals surface area contributed by atoms with Crippen molar-refractivity contribution in [3.63, 3.8) is 0 Å². The van der Waals surface area contributed by atoms with Crippen LogP contribution in [-0.4, -0.2) is 54.1 Å². The molecule has 2 rings (SSSR count). The number of amides is 1. The number of piperazine rings is 1. The third-order valence-electron chi connectivity index (χ3n) is 4.50. The molecule has 0 aliphatic carbocycles. The molecule has 21 heavy (non-hydrogen) atoms. The van der Waals surface area contributed by atoms with Crippen LogP contribution in [0.2, 0.25) is 0 Å². The van der Waals surface area contributed by atoms with E-state index in [0.29, 0.717) is 31.2 Å². The maximum absolute atomic E-state index is 12.6. The molecule has 0 aromatic rings. The van der Waals surface area contributed by atoms with Crippen molar-refractivity contribution in [2.24, 2.45) is 16.1 Å². The maximum atomic E-state index is 12.6. The fourth-order valence-corrected chi connectivity index (χ4v) is 2.95. The number of carbonyl (C=O) groups is 1. The minimum atomic E-state index is -0.345. The van der Waals surface area contributed by atoms with E-state index in [2.05, 4.69) is 46.8 Å². The lowest BCUT2D eigenvalue weighted by Crippen LogP contribution is -2.56. The van der Waals surface area contributed by atoms with Crippen molar-refractivity contribution in [3.05, 3.63) is 0 Å². The first-order valence-corrected chi connectivity index (χ1v) is 7.83. The van der Waals surface area contributed by atoms with Gasteiger partial charge in [-0.25, -0.2) is 0 Å². The Hall–Kier alpha value is -1.41. The van der Waals surface area contributed by atoms with Crippen molar-refractivity contribution in [2.75, 3.05) is 26.7 Å². The highest BCUT2D eigenvalue weighted by molar-refractivity contribution is 5.76. The van der Waals surface area contributed by atoms with E-state index in [4.69, 9.17) is 6.42 Å². The quantitative estimate of drug-likeness (QED) is 0.704. The third-order valence-corrected chi connectivity index (χ3v) is 4.50. The second-order valence-corrected chi connectivity index (χ2v) is 6.55. The molecule has 0 saturated carbocycles. The van der Waals surface area contributed by atoms with Crippen molar-refractivity contribution in [1.82, 2.24) is 9.80 Å². The van der Waals surface area contributed by atoms with Gasteiger partial charge in [0.1, 0.15) is 0 Å². The van der Waals surface area contributed by atoms with E-state index in [-0.39, 0.29) is 11.6 Å². The third kappa shape index (κ3) is 4.04. The summed E-state index contributed by atoms with van der Waals surface area (Å²) in [6, 6.07) is 0.311. The van der Waals surface area contributed by atoms with Gasteiger partial charge in [0, 0.05) is 51.4 Å². The van der Waals surface area contributed by atoms with Crippen LogP contribution in [0, 0.1) is 18.3 Å². The summed E-state index contributed by atoms with van der Waals surface area (Å²) < 4.78 is 0. The average Bonchev–Trinajstić information content (AvgIpc) is 3.23. The second-order valence-electron chi connectivity index (χ2n) is 6.55. The number of carbonyl (C=O) groups excluding carboxylic acids is 1. The highest BCUT2D eigenvalue weighted by Crippen LogP contribution is 2.37. The number of hydrogen-bond acceptors (Lipinski definition) is 4. The van der Waals surface area contributed by atoms with Crippen LogP contribution in [0.1, 0.15) is 39.5 Å². The maximum Gasteiger partial charge on any atom is 0.223 e. The molecule has 1 fully saturated rings. The Labute approximate surface area is 127 Å². The lowest BCUT2D eigenvalue weighted by Gasteiger charge is -2.42. The molecule has 0 radical (unpaired) electrons. The second kappa shape index (κ2) is 6.57. The summed E-state index contributed by atoms with van der Waals surface area (Å²) >= 11 is 0. The van der Waals surface area contributed by atoms with Crippen molar-refractivity contribution in [2.45, 2.75) is 51.2 Å². The first kappa shape index (κ1) is 16.0. The highest BCUT2D eigenvalue weighted by atomic mass is 16.2. The van der Waals surface area contributed by atoms with E-state index in [1.54, 1.807) is 0 Å². The molecular weight excluding hydrogens is 264 g/mol. The van der Waals surface area contributed by atoms with Gasteiger partial charge < -0.3 is 9.80 Å². The van der Waals surface area contributed by atoms with Crippen LogP contribution in [-0.2, 0) is 4.79 Å². The SMILES string of the molecule is C#CCCC1(CCC(=O)N2CCN(C)CC2C(C)C)N=N1. The number of terminal acetylenes is 1. The van der Waals surface area contributed by atoms with Crippen LogP contribution in [0.4, 0.5) is 0 Å². The fraction of sp³-hybridized carbons (Fsp3) is 0.812. The van der Waals surface area contributed by atoms with Gasteiger partial charge in [-0.05, 0) is 13.0 Å². The smallest absolute Gasteiger partial charge is 0.223 e. The Morgan fingerprint density at radius 1 is 1.38 bits per heavy atom. The van der Waals surface area contributed by atoms with Crippen LogP contribution in [0.15, 0.2) is 10.2 Å². The molecule has 116 valence electrons. The molecule has 0 aromatic carbocycles. The lowest BCUT2D eigenvalue weighted by molar-refractivity contribution is -0.137. The van der Waals surface area contributed by atoms with Crippen LogP contribution in [0.5, 0.6) is 0 Å². The molecule has 2 aliphatic heterocycles. The summed E-state index contributed by atoms with van der Waals surface area (Å²) in [5, 5.41) is 8.21. The van der Waals surface area contributed by atoms with Gasteiger partial charge in [-0.1, -0.05) is 13.8 Å². The molecule has 1 amide bonds. The van der Waals surface area contributed by atoms with Crippen molar-refractivity contribution >= 4 is 5.91 Å². The van der Waals surface area contributed by atoms with Crippen LogP contribution < -0.4 is 0 Å². The zero-order valence-electron chi connectivity index (χ0n) is 13.4. The molecular formula is C16H26N4O. The van der Waals surface area contributed by atoms with Gasteiger partial charge in [0.15, 0.2) is 5.66 Å². The Morgan fingerprint density at radius 2 is 2.10 bits per heavy atom. The Bertz CT molecular complexity index is 446. The Balaban J connectivity index is 1.86. The minimum Gasteiger partial charge on any atom is -0.337 e. The van der Waals surface area contributed by atoms with Gasteiger partial charge in [-0.2, -0.15) is 10.2 Å². The van der Waals surface area contributed by atoms with Crippen LogP contribution in [0.3, 0.4) is 0 Å². The summed E-state index contributed by atoms with van der Waals surface area (Å²) in [5.41, 5.74) is -0.345. The number of rotatable bonds is 6. The molecule has 2 heterocycles. The summed E-state index contributed by atoms with van der Waals surface area (Å²) in [7, 11) is 2.12. The van der Waals surface area contributed by atoms with Gasteiger partial charge in [0.05, 0.1) is 0 Å². The molecule has 0 aromatic heterocycles. The molecule has 1 saturated heterocycles. The van der Waals surface area contributed by atoms with E-state index >= 15 is 0 Å². The lowest BCUT2D eigenvalue weighted by atomic mass is 9.97. The van der Waals surface area contributed by atoms with Gasteiger partial charge in [-0.15, -0.1) is 12.3 Å². The molecule has 5 nitrogen and oxygen atoms in total. The number of hydrogen-bond donors (Lipinski definition) is 0. The zero-order chi connectivity index (χ0) is 15.5. The van der Waals surface area contributed by atoms with Crippen LogP contribution >= 0.6 is 0 Å². The average molecular weight is 290 g/mol. The van der Waals surface area contributed by atoms with Gasteiger partial charge in [-0.3, -0.25) is 4.79 Å². The highest BCUT2D eigenvalue weighted by Gasteiger charge is 2.40. The van der Waals surface area contributed by atoms with E-state index in [9.17, 15) is 4.79 Å². The summed E-state index contributed by atoms with van der Waals surface area (Å²) in [4.78, 5) is 16.9. The molecule has 0 bridgehead atoms. The molecule has 1 atom stereocenters. The van der Waals surface area contributed by atoms with E-state index in [0.717, 1.165) is 26.1 Å². The number of likely N-dealkylation sites (N-methyl/N-ethyl adjacent to an activating group) is 1. The topological polar surface area (TPSA) is 48.3 Å². The predicted molar refractivity (Wildman–Crippen MR) is 82.7 cm³/mol. The molecule has 2 aliphatic rings. The first-order chi connectivity index (χ1) is 9.97. The van der Waals surface area contributed by atoms with Crippen LogP contribution in [0.25, 0.3) is 0 Å². The minimum absolute atomic E-state index is 0.235. The van der Waals surface area contributed by atoms with E-state index in [1.165, 1.54) is 0 Å². The molecule has 0 spiro atoms. The van der Waals surface area contributed by atoms with Gasteiger partial charge in [0.2, 0.25) is 5.91 Å². The van der Waals surface area contributed by atoms with E-state index < -0.39 is 0 Å². The van der Waals surface area contributed by atoms with Gasteiger partial charge in [0.25, 0.3) is 0 Å². The largest absolute Gasteiger partial charge is 0.337 e. The van der Waals surface area contributed by atoms with Crippen molar-refractivity contribution in [3.8, 4) is 12.3 Å². The normalized spacial score (nSPS) is 24.1. The molecule has 1 unspecified atom stereocenters. The Morgan fingerprint density at radius 3 is 2.67 bits per heavy atom. The standard InChI is InChI=1S/C16H26N4O/c1-5-6-8-16(17-18-16)9-7-15(21)20-11-10-19(4)12-14(20)13(2)3/h1,13-14H,6-12H2,2-4H3. The zero-order valence-corrected chi connectivity index (χ0v) is 13.4. The summed E-state index contributed by atoms with van der Waals surface area (Å²) in [5.74, 6) is 3.33. The summed E-state index contributed by atoms with van der Waals surface area (Å²) in [6.45, 7) is 7.10. The Kier molecular flexibility index (Phi) is 5.00. The molecule has 5 heteroatoms. The predicted octanol–water partition coefficient (Wildman–Crippen LogP) is 2.14. The van der Waals surface area contributed by atoms with Gasteiger partial charge >= 0.3 is 0 Å². The molecule has 0 N–H and O–H groups in total. The monoisotopic (exact) mass is 290 g/mol. The summed E-state index contributed by atoms with van der Waals surface area (Å²) in [6.07, 6.45) is 7.95.